The van der Waals surface area contributed by atoms with Crippen molar-refractivity contribution in [2.24, 2.45) is 23.2 Å². The fourth-order valence-corrected chi connectivity index (χ4v) is 5.76. The van der Waals surface area contributed by atoms with Gasteiger partial charge >= 0.3 is 0 Å². The third-order valence-electron chi connectivity index (χ3n) is 6.49. The molecule has 4 fully saturated rings. The average Bonchev–Trinajstić information content (AvgIpc) is 2.61. The van der Waals surface area contributed by atoms with Gasteiger partial charge in [-0.05, 0) is 74.5 Å². The van der Waals surface area contributed by atoms with Crippen LogP contribution in [0.4, 0.5) is 5.69 Å². The van der Waals surface area contributed by atoms with E-state index in [4.69, 9.17) is 4.74 Å². The summed E-state index contributed by atoms with van der Waals surface area (Å²) >= 11 is 0. The molecule has 2 amide bonds. The van der Waals surface area contributed by atoms with E-state index in [1.807, 2.05) is 12.1 Å². The molecule has 0 atom stereocenters. The zero-order valence-corrected chi connectivity index (χ0v) is 15.4. The molecule has 26 heavy (non-hydrogen) atoms. The van der Waals surface area contributed by atoms with E-state index in [1.165, 1.54) is 19.3 Å². The Labute approximate surface area is 154 Å². The average molecular weight is 356 g/mol. The van der Waals surface area contributed by atoms with Crippen molar-refractivity contribution in [3.63, 3.8) is 0 Å². The summed E-state index contributed by atoms with van der Waals surface area (Å²) in [6.07, 6.45) is 7.10. The maximum atomic E-state index is 13.1. The minimum Gasteiger partial charge on any atom is -0.383 e. The summed E-state index contributed by atoms with van der Waals surface area (Å²) in [4.78, 5) is 25.3. The largest absolute Gasteiger partial charge is 0.383 e. The Morgan fingerprint density at radius 2 is 1.77 bits per heavy atom. The van der Waals surface area contributed by atoms with Crippen molar-refractivity contribution in [3.8, 4) is 0 Å². The second kappa shape index (κ2) is 7.03. The summed E-state index contributed by atoms with van der Waals surface area (Å²) in [7, 11) is 1.60. The van der Waals surface area contributed by atoms with E-state index < -0.39 is 0 Å². The molecule has 0 saturated heterocycles. The van der Waals surface area contributed by atoms with Gasteiger partial charge in [-0.3, -0.25) is 9.59 Å². The fourth-order valence-electron chi connectivity index (χ4n) is 5.76. The van der Waals surface area contributed by atoms with Gasteiger partial charge in [0.2, 0.25) is 5.91 Å². The predicted octanol–water partition coefficient (Wildman–Crippen LogP) is 3.22. The van der Waals surface area contributed by atoms with E-state index in [9.17, 15) is 9.59 Å². The molecular formula is C21H28N2O3. The van der Waals surface area contributed by atoms with Crippen LogP contribution in [-0.4, -0.2) is 32.1 Å². The van der Waals surface area contributed by atoms with Crippen LogP contribution in [0.5, 0.6) is 0 Å². The van der Waals surface area contributed by atoms with Crippen molar-refractivity contribution in [2.45, 2.75) is 38.5 Å². The maximum Gasteiger partial charge on any atom is 0.251 e. The van der Waals surface area contributed by atoms with Crippen molar-refractivity contribution in [2.75, 3.05) is 25.6 Å². The lowest BCUT2D eigenvalue weighted by atomic mass is 9.49. The van der Waals surface area contributed by atoms with Gasteiger partial charge in [0.05, 0.1) is 12.0 Å². The normalized spacial score (nSPS) is 31.7. The number of ether oxygens (including phenoxy) is 1. The van der Waals surface area contributed by atoms with E-state index >= 15 is 0 Å². The molecular weight excluding hydrogens is 328 g/mol. The molecule has 2 N–H and O–H groups in total. The van der Waals surface area contributed by atoms with Crippen molar-refractivity contribution in [1.29, 1.82) is 0 Å². The van der Waals surface area contributed by atoms with E-state index in [0.29, 0.717) is 24.4 Å². The zero-order valence-electron chi connectivity index (χ0n) is 15.4. The number of rotatable bonds is 6. The fraction of sp³-hybridized carbons (Fsp3) is 0.619. The number of carbonyl (C=O) groups is 2. The lowest BCUT2D eigenvalue weighted by Crippen LogP contribution is -2.51. The number of methoxy groups -OCH3 is 1. The van der Waals surface area contributed by atoms with E-state index in [-0.39, 0.29) is 17.2 Å². The Balaban J connectivity index is 1.43. The van der Waals surface area contributed by atoms with Crippen LogP contribution in [0, 0.1) is 23.2 Å². The van der Waals surface area contributed by atoms with E-state index in [0.717, 1.165) is 37.0 Å². The minimum atomic E-state index is -0.175. The minimum absolute atomic E-state index is 0.145. The number of anilines is 1. The quantitative estimate of drug-likeness (QED) is 0.769. The van der Waals surface area contributed by atoms with Gasteiger partial charge in [0.25, 0.3) is 5.91 Å². The Kier molecular flexibility index (Phi) is 4.74. The topological polar surface area (TPSA) is 67.4 Å². The van der Waals surface area contributed by atoms with Gasteiger partial charge in [0, 0.05) is 24.9 Å². The van der Waals surface area contributed by atoms with Crippen LogP contribution in [-0.2, 0) is 9.53 Å². The van der Waals surface area contributed by atoms with Crippen LogP contribution in [0.1, 0.15) is 48.9 Å². The lowest BCUT2D eigenvalue weighted by molar-refractivity contribution is -0.140. The molecule has 5 heteroatoms. The molecule has 0 spiro atoms. The first-order valence-corrected chi connectivity index (χ1v) is 9.76. The van der Waals surface area contributed by atoms with Crippen LogP contribution < -0.4 is 10.6 Å². The predicted molar refractivity (Wildman–Crippen MR) is 99.9 cm³/mol. The highest BCUT2D eigenvalue weighted by Gasteiger charge is 2.54. The molecule has 1 aromatic carbocycles. The summed E-state index contributed by atoms with van der Waals surface area (Å²) in [5.74, 6) is 2.24. The van der Waals surface area contributed by atoms with Crippen LogP contribution in [0.2, 0.25) is 0 Å². The molecule has 0 heterocycles. The number of nitrogens with one attached hydrogen (secondary N) is 2. The molecule has 1 aromatic rings. The second-order valence-electron chi connectivity index (χ2n) is 8.48. The standard InChI is InChI=1S/C21H28N2O3/c1-26-6-5-22-19(24)17-3-2-4-18(10-17)23-20(25)21-11-14-7-15(12-21)9-16(8-14)13-21/h2-4,10,14-16H,5-9,11-13H2,1H3,(H,22,24)(H,23,25). The van der Waals surface area contributed by atoms with Gasteiger partial charge in [-0.25, -0.2) is 0 Å². The van der Waals surface area contributed by atoms with Gasteiger partial charge in [-0.2, -0.15) is 0 Å². The van der Waals surface area contributed by atoms with Crippen molar-refractivity contribution < 1.29 is 14.3 Å². The lowest BCUT2D eigenvalue weighted by Gasteiger charge is -2.55. The van der Waals surface area contributed by atoms with Crippen molar-refractivity contribution in [1.82, 2.24) is 5.32 Å². The van der Waals surface area contributed by atoms with E-state index in [1.54, 1.807) is 19.2 Å². The highest BCUT2D eigenvalue weighted by molar-refractivity contribution is 5.99. The SMILES string of the molecule is COCCNC(=O)c1cccc(NC(=O)C23CC4CC(CC(C4)C2)C3)c1. The Hall–Kier alpha value is -1.88. The third-order valence-corrected chi connectivity index (χ3v) is 6.49. The molecule has 0 aromatic heterocycles. The highest BCUT2D eigenvalue weighted by Crippen LogP contribution is 2.60. The zero-order chi connectivity index (χ0) is 18.1. The Morgan fingerprint density at radius 3 is 2.38 bits per heavy atom. The molecule has 4 aliphatic rings. The van der Waals surface area contributed by atoms with Crippen LogP contribution in [0.15, 0.2) is 24.3 Å². The Bertz CT molecular complexity index is 665. The van der Waals surface area contributed by atoms with Gasteiger partial charge < -0.3 is 15.4 Å². The summed E-state index contributed by atoms with van der Waals surface area (Å²) in [5.41, 5.74) is 1.10. The Morgan fingerprint density at radius 1 is 1.12 bits per heavy atom. The smallest absolute Gasteiger partial charge is 0.251 e. The molecule has 5 rings (SSSR count). The number of hydrogen-bond donors (Lipinski definition) is 2. The molecule has 0 radical (unpaired) electrons. The van der Waals surface area contributed by atoms with Crippen molar-refractivity contribution in [3.05, 3.63) is 29.8 Å². The first-order chi connectivity index (χ1) is 12.6. The van der Waals surface area contributed by atoms with Gasteiger partial charge in [0.15, 0.2) is 0 Å². The highest BCUT2D eigenvalue weighted by atomic mass is 16.5. The van der Waals surface area contributed by atoms with Crippen LogP contribution in [0.25, 0.3) is 0 Å². The molecule has 4 bridgehead atoms. The number of carbonyl (C=O) groups excluding carboxylic acids is 2. The number of benzene rings is 1. The van der Waals surface area contributed by atoms with Crippen LogP contribution >= 0.6 is 0 Å². The first kappa shape index (κ1) is 17.5. The van der Waals surface area contributed by atoms with Gasteiger partial charge in [-0.15, -0.1) is 0 Å². The van der Waals surface area contributed by atoms with E-state index in [2.05, 4.69) is 10.6 Å². The molecule has 0 aliphatic heterocycles. The third kappa shape index (κ3) is 3.37. The molecule has 140 valence electrons. The first-order valence-electron chi connectivity index (χ1n) is 9.76. The summed E-state index contributed by atoms with van der Waals surface area (Å²) in [5, 5.41) is 5.93. The van der Waals surface area contributed by atoms with Crippen LogP contribution in [0.3, 0.4) is 0 Å². The summed E-state index contributed by atoms with van der Waals surface area (Å²) in [6, 6.07) is 7.22. The van der Waals surface area contributed by atoms with Crippen molar-refractivity contribution >= 4 is 17.5 Å². The number of hydrogen-bond acceptors (Lipinski definition) is 3. The monoisotopic (exact) mass is 356 g/mol. The summed E-state index contributed by atoms with van der Waals surface area (Å²) in [6.45, 7) is 0.952. The molecule has 4 saturated carbocycles. The van der Waals surface area contributed by atoms with Gasteiger partial charge in [0.1, 0.15) is 0 Å². The maximum absolute atomic E-state index is 13.1. The van der Waals surface area contributed by atoms with Gasteiger partial charge in [-0.1, -0.05) is 6.07 Å². The molecule has 5 nitrogen and oxygen atoms in total. The molecule has 0 unspecified atom stereocenters. The second-order valence-corrected chi connectivity index (χ2v) is 8.48. The number of amides is 2. The summed E-state index contributed by atoms with van der Waals surface area (Å²) < 4.78 is 4.95. The molecule has 4 aliphatic carbocycles.